The number of benzene rings is 1. The van der Waals surface area contributed by atoms with E-state index in [1.165, 1.54) is 7.05 Å². The predicted molar refractivity (Wildman–Crippen MR) is 57.9 cm³/mol. The van der Waals surface area contributed by atoms with Crippen LogP contribution in [0.1, 0.15) is 16.1 Å². The van der Waals surface area contributed by atoms with E-state index >= 15 is 0 Å². The highest BCUT2D eigenvalue weighted by Gasteiger charge is 2.34. The standard InChI is InChI=1S/C12H8F4N2O2/c1-18-10(5-9(17-18)11(19)20)6-2-3-8(13)7(4-6)12(14,15)16/h2-5H,1H3,(H,19,20)/p-1. The van der Waals surface area contributed by atoms with E-state index in [2.05, 4.69) is 5.10 Å². The average Bonchev–Trinajstić information content (AvgIpc) is 2.71. The van der Waals surface area contributed by atoms with Gasteiger partial charge in [-0.05, 0) is 24.3 Å². The molecule has 0 radical (unpaired) electrons. The molecule has 2 aromatic rings. The fraction of sp³-hybridized carbons (Fsp3) is 0.167. The summed E-state index contributed by atoms with van der Waals surface area (Å²) in [7, 11) is 1.36. The molecular weight excluding hydrogens is 280 g/mol. The predicted octanol–water partition coefficient (Wildman–Crippen LogP) is 1.61. The van der Waals surface area contributed by atoms with Gasteiger partial charge in [-0.15, -0.1) is 0 Å². The summed E-state index contributed by atoms with van der Waals surface area (Å²) in [5, 5.41) is 14.2. The van der Waals surface area contributed by atoms with E-state index in [-0.39, 0.29) is 11.3 Å². The van der Waals surface area contributed by atoms with Gasteiger partial charge < -0.3 is 9.90 Å². The second-order valence-electron chi connectivity index (χ2n) is 4.02. The number of aromatic carboxylic acids is 1. The fourth-order valence-electron chi connectivity index (χ4n) is 1.74. The van der Waals surface area contributed by atoms with Crippen LogP contribution in [0, 0.1) is 5.82 Å². The van der Waals surface area contributed by atoms with Crippen molar-refractivity contribution in [3.63, 3.8) is 0 Å². The van der Waals surface area contributed by atoms with E-state index in [1.807, 2.05) is 0 Å². The quantitative estimate of drug-likeness (QED) is 0.788. The number of aromatic nitrogens is 2. The van der Waals surface area contributed by atoms with Gasteiger partial charge in [0.25, 0.3) is 0 Å². The van der Waals surface area contributed by atoms with Gasteiger partial charge in [0, 0.05) is 12.6 Å². The number of hydrogen-bond donors (Lipinski definition) is 0. The SMILES string of the molecule is Cn1nc(C(=O)[O-])cc1-c1ccc(F)c(C(F)(F)F)c1. The first-order valence-electron chi connectivity index (χ1n) is 5.32. The van der Waals surface area contributed by atoms with Gasteiger partial charge in [-0.1, -0.05) is 0 Å². The molecule has 0 fully saturated rings. The third kappa shape index (κ3) is 2.49. The van der Waals surface area contributed by atoms with Crippen molar-refractivity contribution in [3.05, 3.63) is 41.3 Å². The Morgan fingerprint density at radius 2 is 1.95 bits per heavy atom. The Kier molecular flexibility index (Phi) is 3.24. The van der Waals surface area contributed by atoms with E-state index < -0.39 is 29.2 Å². The topological polar surface area (TPSA) is 58.0 Å². The number of nitrogens with zero attached hydrogens (tertiary/aromatic N) is 2. The van der Waals surface area contributed by atoms with Crippen LogP contribution in [0.15, 0.2) is 24.3 Å². The van der Waals surface area contributed by atoms with Crippen molar-refractivity contribution in [2.75, 3.05) is 0 Å². The van der Waals surface area contributed by atoms with E-state index in [1.54, 1.807) is 0 Å². The van der Waals surface area contributed by atoms with Crippen molar-refractivity contribution < 1.29 is 27.5 Å². The minimum absolute atomic E-state index is 0.00113. The molecule has 1 heterocycles. The zero-order valence-electron chi connectivity index (χ0n) is 10.0. The Morgan fingerprint density at radius 3 is 2.45 bits per heavy atom. The minimum Gasteiger partial charge on any atom is -0.543 e. The molecule has 4 nitrogen and oxygen atoms in total. The maximum atomic E-state index is 13.2. The number of hydrogen-bond acceptors (Lipinski definition) is 3. The number of rotatable bonds is 2. The summed E-state index contributed by atoms with van der Waals surface area (Å²) in [6, 6.07) is 3.44. The lowest BCUT2D eigenvalue weighted by molar-refractivity contribution is -0.255. The van der Waals surface area contributed by atoms with Gasteiger partial charge in [0.1, 0.15) is 11.5 Å². The fourth-order valence-corrected chi connectivity index (χ4v) is 1.74. The maximum absolute atomic E-state index is 13.2. The second kappa shape index (κ2) is 4.62. The number of carboxylic acid groups (broad SMARTS) is 1. The van der Waals surface area contributed by atoms with Gasteiger partial charge in [-0.25, -0.2) is 4.39 Å². The van der Waals surface area contributed by atoms with Crippen molar-refractivity contribution in [1.82, 2.24) is 9.78 Å². The summed E-state index contributed by atoms with van der Waals surface area (Å²) in [4.78, 5) is 10.7. The molecule has 0 amide bonds. The molecule has 0 spiro atoms. The average molecular weight is 287 g/mol. The summed E-state index contributed by atoms with van der Waals surface area (Å²) in [5.41, 5.74) is -1.73. The summed E-state index contributed by atoms with van der Waals surface area (Å²) >= 11 is 0. The molecule has 2 rings (SSSR count). The van der Waals surface area contributed by atoms with Crippen LogP contribution >= 0.6 is 0 Å². The molecule has 106 valence electrons. The van der Waals surface area contributed by atoms with Crippen LogP contribution in [0.2, 0.25) is 0 Å². The zero-order valence-corrected chi connectivity index (χ0v) is 10.0. The Morgan fingerprint density at radius 1 is 1.30 bits per heavy atom. The summed E-state index contributed by atoms with van der Waals surface area (Å²) in [6.45, 7) is 0. The smallest absolute Gasteiger partial charge is 0.419 e. The minimum atomic E-state index is -4.84. The van der Waals surface area contributed by atoms with E-state index in [4.69, 9.17) is 0 Å². The lowest BCUT2D eigenvalue weighted by Gasteiger charge is -2.10. The van der Waals surface area contributed by atoms with Crippen molar-refractivity contribution >= 4 is 5.97 Å². The summed E-state index contributed by atoms with van der Waals surface area (Å²) in [6.07, 6.45) is -4.84. The van der Waals surface area contributed by atoms with Crippen LogP contribution < -0.4 is 5.11 Å². The number of aryl methyl sites for hydroxylation is 1. The molecule has 1 aromatic heterocycles. The molecule has 20 heavy (non-hydrogen) atoms. The van der Waals surface area contributed by atoms with Crippen molar-refractivity contribution in [3.8, 4) is 11.3 Å². The van der Waals surface area contributed by atoms with Gasteiger partial charge in [-0.2, -0.15) is 18.3 Å². The van der Waals surface area contributed by atoms with E-state index in [0.717, 1.165) is 16.8 Å². The van der Waals surface area contributed by atoms with Crippen molar-refractivity contribution in [1.29, 1.82) is 0 Å². The Hall–Kier alpha value is -2.38. The number of carbonyl (C=O) groups excluding carboxylic acids is 1. The second-order valence-corrected chi connectivity index (χ2v) is 4.02. The third-order valence-electron chi connectivity index (χ3n) is 2.66. The first kappa shape index (κ1) is 14.0. The highest BCUT2D eigenvalue weighted by molar-refractivity contribution is 5.85. The van der Waals surface area contributed by atoms with Crippen LogP contribution in [0.5, 0.6) is 0 Å². The molecule has 0 aliphatic rings. The maximum Gasteiger partial charge on any atom is 0.419 e. The highest BCUT2D eigenvalue weighted by Crippen LogP contribution is 2.34. The lowest BCUT2D eigenvalue weighted by atomic mass is 10.1. The Labute approximate surface area is 110 Å². The van der Waals surface area contributed by atoms with E-state index in [9.17, 15) is 27.5 Å². The molecule has 0 bridgehead atoms. The first-order valence-corrected chi connectivity index (χ1v) is 5.32. The van der Waals surface area contributed by atoms with Crippen LogP contribution in [0.3, 0.4) is 0 Å². The molecule has 0 atom stereocenters. The van der Waals surface area contributed by atoms with Crippen LogP contribution in [-0.4, -0.2) is 15.7 Å². The summed E-state index contributed by atoms with van der Waals surface area (Å²) in [5.74, 6) is -2.95. The van der Waals surface area contributed by atoms with Crippen molar-refractivity contribution in [2.45, 2.75) is 6.18 Å². The number of alkyl halides is 3. The molecule has 0 saturated carbocycles. The van der Waals surface area contributed by atoms with E-state index in [0.29, 0.717) is 12.1 Å². The van der Waals surface area contributed by atoms with Crippen LogP contribution in [0.25, 0.3) is 11.3 Å². The Bertz CT molecular complexity index is 677. The van der Waals surface area contributed by atoms with Gasteiger partial charge in [0.05, 0.1) is 17.2 Å². The largest absolute Gasteiger partial charge is 0.543 e. The summed E-state index contributed by atoms with van der Waals surface area (Å²) < 4.78 is 52.1. The highest BCUT2D eigenvalue weighted by atomic mass is 19.4. The lowest BCUT2D eigenvalue weighted by Crippen LogP contribution is -2.22. The number of halogens is 4. The van der Waals surface area contributed by atoms with Crippen LogP contribution in [-0.2, 0) is 13.2 Å². The van der Waals surface area contributed by atoms with Gasteiger partial charge in [-0.3, -0.25) is 4.68 Å². The number of carbonyl (C=O) groups is 1. The van der Waals surface area contributed by atoms with Crippen LogP contribution in [0.4, 0.5) is 17.6 Å². The van der Waals surface area contributed by atoms with Crippen molar-refractivity contribution in [2.24, 2.45) is 7.05 Å². The number of carboxylic acids is 1. The molecule has 0 saturated heterocycles. The monoisotopic (exact) mass is 287 g/mol. The Balaban J connectivity index is 2.57. The molecule has 0 aliphatic carbocycles. The zero-order chi connectivity index (χ0) is 15.1. The van der Waals surface area contributed by atoms with Gasteiger partial charge in [0.15, 0.2) is 0 Å². The first-order chi connectivity index (χ1) is 9.20. The molecule has 0 unspecified atom stereocenters. The molecule has 0 aliphatic heterocycles. The van der Waals surface area contributed by atoms with Gasteiger partial charge in [0.2, 0.25) is 0 Å². The molecule has 0 N–H and O–H groups in total. The third-order valence-corrected chi connectivity index (χ3v) is 2.66. The molecular formula is C12H7F4N2O2-. The molecule has 8 heteroatoms. The van der Waals surface area contributed by atoms with Gasteiger partial charge >= 0.3 is 6.18 Å². The normalized spacial score (nSPS) is 11.7. The molecule has 1 aromatic carbocycles.